The van der Waals surface area contributed by atoms with Crippen molar-refractivity contribution in [2.45, 2.75) is 31.7 Å². The van der Waals surface area contributed by atoms with Gasteiger partial charge in [0.1, 0.15) is 0 Å². The molecule has 0 spiro atoms. The monoisotopic (exact) mass is 281 g/mol. The van der Waals surface area contributed by atoms with E-state index >= 15 is 0 Å². The Morgan fingerprint density at radius 3 is 2.84 bits per heavy atom. The number of amides is 1. The van der Waals surface area contributed by atoms with Crippen LogP contribution in [0.15, 0.2) is 18.2 Å². The van der Waals surface area contributed by atoms with Gasteiger partial charge in [-0.3, -0.25) is 4.79 Å². The number of nitrogen functional groups attached to an aromatic ring is 1. The molecule has 104 valence electrons. The van der Waals surface area contributed by atoms with Crippen molar-refractivity contribution < 1.29 is 4.79 Å². The van der Waals surface area contributed by atoms with E-state index in [1.165, 1.54) is 12.8 Å². The van der Waals surface area contributed by atoms with Gasteiger partial charge in [0.05, 0.1) is 17.9 Å². The second-order valence-electron chi connectivity index (χ2n) is 5.11. The summed E-state index contributed by atoms with van der Waals surface area (Å²) < 4.78 is 0. The van der Waals surface area contributed by atoms with Gasteiger partial charge in [0, 0.05) is 18.1 Å². The number of likely N-dealkylation sites (N-methyl/N-ethyl adjacent to an activating group) is 1. The molecule has 1 fully saturated rings. The van der Waals surface area contributed by atoms with Crippen LogP contribution < -0.4 is 16.0 Å². The molecule has 0 bridgehead atoms. The third-order valence-corrected chi connectivity index (χ3v) is 3.74. The predicted molar refractivity (Wildman–Crippen MR) is 79.5 cm³/mol. The van der Waals surface area contributed by atoms with Gasteiger partial charge in [-0.15, -0.1) is 0 Å². The zero-order valence-corrected chi connectivity index (χ0v) is 11.9. The Labute approximate surface area is 118 Å². The maximum absolute atomic E-state index is 12.0. The molecule has 0 unspecified atom stereocenters. The zero-order valence-electron chi connectivity index (χ0n) is 11.2. The Balaban J connectivity index is 1.94. The second kappa shape index (κ2) is 6.15. The van der Waals surface area contributed by atoms with Crippen molar-refractivity contribution in [1.29, 1.82) is 0 Å². The number of benzene rings is 1. The topological polar surface area (TPSA) is 58.4 Å². The first kappa shape index (κ1) is 14.0. The second-order valence-corrected chi connectivity index (χ2v) is 5.54. The molecular formula is C14H20ClN3O. The summed E-state index contributed by atoms with van der Waals surface area (Å²) in [5.41, 5.74) is 7.31. The maximum Gasteiger partial charge on any atom is 0.239 e. The Hall–Kier alpha value is -1.42. The van der Waals surface area contributed by atoms with Crippen LogP contribution in [0, 0.1) is 0 Å². The highest BCUT2D eigenvalue weighted by atomic mass is 35.5. The minimum Gasteiger partial charge on any atom is -0.397 e. The minimum absolute atomic E-state index is 0.0359. The standard InChI is InChI=1S/C14H20ClN3O/c1-18(13-8-10(15)6-7-12(13)16)9-14(19)17-11-4-2-3-5-11/h6-8,11H,2-5,9,16H2,1H3,(H,17,19). The van der Waals surface area contributed by atoms with Crippen molar-refractivity contribution in [2.24, 2.45) is 0 Å². The van der Waals surface area contributed by atoms with Gasteiger partial charge in [-0.1, -0.05) is 24.4 Å². The van der Waals surface area contributed by atoms with E-state index in [0.29, 0.717) is 23.3 Å². The zero-order chi connectivity index (χ0) is 13.8. The van der Waals surface area contributed by atoms with Gasteiger partial charge in [0.2, 0.25) is 5.91 Å². The van der Waals surface area contributed by atoms with Crippen LogP contribution in [0.1, 0.15) is 25.7 Å². The molecule has 1 aliphatic rings. The Kier molecular flexibility index (Phi) is 4.53. The number of halogens is 1. The fraction of sp³-hybridized carbons (Fsp3) is 0.500. The summed E-state index contributed by atoms with van der Waals surface area (Å²) in [5, 5.41) is 3.68. The summed E-state index contributed by atoms with van der Waals surface area (Å²) in [6.45, 7) is 0.293. The lowest BCUT2D eigenvalue weighted by atomic mass is 10.2. The van der Waals surface area contributed by atoms with Gasteiger partial charge in [0.25, 0.3) is 0 Å². The first-order valence-corrected chi connectivity index (χ1v) is 6.99. The quantitative estimate of drug-likeness (QED) is 0.834. The molecule has 0 heterocycles. The third-order valence-electron chi connectivity index (χ3n) is 3.50. The van der Waals surface area contributed by atoms with Crippen molar-refractivity contribution in [3.05, 3.63) is 23.2 Å². The molecule has 19 heavy (non-hydrogen) atoms. The average Bonchev–Trinajstić information content (AvgIpc) is 2.84. The van der Waals surface area contributed by atoms with Crippen LogP contribution in [0.4, 0.5) is 11.4 Å². The minimum atomic E-state index is 0.0359. The van der Waals surface area contributed by atoms with Gasteiger partial charge in [-0.25, -0.2) is 0 Å². The molecule has 1 amide bonds. The number of nitrogens with one attached hydrogen (secondary N) is 1. The third kappa shape index (κ3) is 3.77. The number of carbonyl (C=O) groups is 1. The van der Waals surface area contributed by atoms with Gasteiger partial charge in [0.15, 0.2) is 0 Å². The van der Waals surface area contributed by atoms with Crippen LogP contribution >= 0.6 is 11.6 Å². The fourth-order valence-electron chi connectivity index (χ4n) is 2.49. The van der Waals surface area contributed by atoms with Gasteiger partial charge in [-0.05, 0) is 31.0 Å². The maximum atomic E-state index is 12.0. The van der Waals surface area contributed by atoms with E-state index in [-0.39, 0.29) is 5.91 Å². The SMILES string of the molecule is CN(CC(=O)NC1CCCC1)c1cc(Cl)ccc1N. The molecule has 0 atom stereocenters. The summed E-state index contributed by atoms with van der Waals surface area (Å²) in [6.07, 6.45) is 4.60. The smallest absolute Gasteiger partial charge is 0.239 e. The highest BCUT2D eigenvalue weighted by Crippen LogP contribution is 2.25. The van der Waals surface area contributed by atoms with Crippen LogP contribution in [0.5, 0.6) is 0 Å². The largest absolute Gasteiger partial charge is 0.397 e. The molecule has 0 aliphatic heterocycles. The molecule has 1 aromatic rings. The number of hydrogen-bond acceptors (Lipinski definition) is 3. The summed E-state index contributed by atoms with van der Waals surface area (Å²) in [6, 6.07) is 5.62. The summed E-state index contributed by atoms with van der Waals surface area (Å²) >= 11 is 5.95. The van der Waals surface area contributed by atoms with Crippen molar-refractivity contribution in [3.8, 4) is 0 Å². The van der Waals surface area contributed by atoms with Crippen LogP contribution in [-0.4, -0.2) is 25.5 Å². The van der Waals surface area contributed by atoms with Crippen LogP contribution in [-0.2, 0) is 4.79 Å². The summed E-state index contributed by atoms with van der Waals surface area (Å²) in [5.74, 6) is 0.0359. The number of nitrogens with zero attached hydrogens (tertiary/aromatic N) is 1. The van der Waals surface area contributed by atoms with Crippen molar-refractivity contribution in [2.75, 3.05) is 24.2 Å². The Bertz CT molecular complexity index is 458. The van der Waals surface area contributed by atoms with E-state index < -0.39 is 0 Å². The van der Waals surface area contributed by atoms with E-state index in [1.807, 2.05) is 11.9 Å². The van der Waals surface area contributed by atoms with E-state index in [2.05, 4.69) is 5.32 Å². The van der Waals surface area contributed by atoms with E-state index in [4.69, 9.17) is 17.3 Å². The molecule has 4 nitrogen and oxygen atoms in total. The molecule has 2 rings (SSSR count). The van der Waals surface area contributed by atoms with Crippen molar-refractivity contribution in [3.63, 3.8) is 0 Å². The average molecular weight is 282 g/mol. The lowest BCUT2D eigenvalue weighted by Crippen LogP contribution is -2.40. The highest BCUT2D eigenvalue weighted by molar-refractivity contribution is 6.31. The number of hydrogen-bond donors (Lipinski definition) is 2. The molecular weight excluding hydrogens is 262 g/mol. The summed E-state index contributed by atoms with van der Waals surface area (Å²) in [7, 11) is 1.84. The predicted octanol–water partition coefficient (Wildman–Crippen LogP) is 2.42. The highest BCUT2D eigenvalue weighted by Gasteiger charge is 2.18. The van der Waals surface area contributed by atoms with Gasteiger partial charge >= 0.3 is 0 Å². The molecule has 3 N–H and O–H groups in total. The van der Waals surface area contributed by atoms with Crippen molar-refractivity contribution >= 4 is 28.9 Å². The van der Waals surface area contributed by atoms with Crippen LogP contribution in [0.2, 0.25) is 5.02 Å². The first-order chi connectivity index (χ1) is 9.06. The Morgan fingerprint density at radius 2 is 2.16 bits per heavy atom. The molecule has 1 aromatic carbocycles. The van der Waals surface area contributed by atoms with Gasteiger partial charge in [-0.2, -0.15) is 0 Å². The van der Waals surface area contributed by atoms with Crippen molar-refractivity contribution in [1.82, 2.24) is 5.32 Å². The van der Waals surface area contributed by atoms with Gasteiger partial charge < -0.3 is 16.0 Å². The number of carbonyl (C=O) groups excluding carboxylic acids is 1. The molecule has 1 aliphatic carbocycles. The number of anilines is 2. The Morgan fingerprint density at radius 1 is 1.47 bits per heavy atom. The molecule has 0 saturated heterocycles. The normalized spacial score (nSPS) is 15.5. The molecule has 1 saturated carbocycles. The number of nitrogens with two attached hydrogens (primary N) is 1. The first-order valence-electron chi connectivity index (χ1n) is 6.62. The van der Waals surface area contributed by atoms with Crippen LogP contribution in [0.25, 0.3) is 0 Å². The van der Waals surface area contributed by atoms with E-state index in [0.717, 1.165) is 18.5 Å². The lowest BCUT2D eigenvalue weighted by Gasteiger charge is -2.22. The summed E-state index contributed by atoms with van der Waals surface area (Å²) in [4.78, 5) is 13.8. The fourth-order valence-corrected chi connectivity index (χ4v) is 2.66. The molecule has 0 radical (unpaired) electrons. The lowest BCUT2D eigenvalue weighted by molar-refractivity contribution is -0.120. The number of rotatable bonds is 4. The van der Waals surface area contributed by atoms with Crippen LogP contribution in [0.3, 0.4) is 0 Å². The molecule has 0 aromatic heterocycles. The van der Waals surface area contributed by atoms with E-state index in [9.17, 15) is 4.79 Å². The van der Waals surface area contributed by atoms with E-state index in [1.54, 1.807) is 18.2 Å². The molecule has 5 heteroatoms.